The van der Waals surface area contributed by atoms with Crippen molar-refractivity contribution in [2.24, 2.45) is 0 Å². The van der Waals surface area contributed by atoms with Crippen LogP contribution in [0.4, 0.5) is 4.79 Å². The number of urea groups is 1. The van der Waals surface area contributed by atoms with E-state index in [9.17, 15) is 9.59 Å². The molecule has 1 fully saturated rings. The first-order valence-corrected chi connectivity index (χ1v) is 8.53. The molecule has 1 heterocycles. The van der Waals surface area contributed by atoms with Crippen molar-refractivity contribution in [1.82, 2.24) is 10.2 Å². The van der Waals surface area contributed by atoms with Gasteiger partial charge in [-0.05, 0) is 26.8 Å². The van der Waals surface area contributed by atoms with Crippen molar-refractivity contribution in [3.05, 3.63) is 29.8 Å². The maximum atomic E-state index is 12.1. The van der Waals surface area contributed by atoms with Crippen LogP contribution in [0.25, 0.3) is 0 Å². The quantitative estimate of drug-likeness (QED) is 0.619. The van der Waals surface area contributed by atoms with Gasteiger partial charge in [0, 0.05) is 23.6 Å². The van der Waals surface area contributed by atoms with Crippen molar-refractivity contribution in [1.29, 1.82) is 0 Å². The van der Waals surface area contributed by atoms with E-state index in [4.69, 9.17) is 4.74 Å². The Morgan fingerprint density at radius 1 is 1.27 bits per heavy atom. The SMILES string of the molecule is CCOc1ccccc1CSCCN1C(=O)NC(C)(C)C1=O. The highest BCUT2D eigenvalue weighted by Gasteiger charge is 2.43. The van der Waals surface area contributed by atoms with Gasteiger partial charge in [0.1, 0.15) is 11.3 Å². The highest BCUT2D eigenvalue weighted by Crippen LogP contribution is 2.24. The number of hydrogen-bond acceptors (Lipinski definition) is 4. The Hall–Kier alpha value is -1.69. The number of imide groups is 1. The van der Waals surface area contributed by atoms with Gasteiger partial charge in [0.05, 0.1) is 6.61 Å². The number of benzene rings is 1. The zero-order valence-electron chi connectivity index (χ0n) is 13.2. The summed E-state index contributed by atoms with van der Waals surface area (Å²) >= 11 is 1.68. The van der Waals surface area contributed by atoms with Crippen LogP contribution in [0.1, 0.15) is 26.3 Å². The van der Waals surface area contributed by atoms with Crippen LogP contribution in [0.2, 0.25) is 0 Å². The molecule has 1 saturated heterocycles. The molecule has 0 radical (unpaired) electrons. The molecule has 1 aliphatic heterocycles. The van der Waals surface area contributed by atoms with Crippen LogP contribution in [0.3, 0.4) is 0 Å². The zero-order valence-corrected chi connectivity index (χ0v) is 14.0. The predicted molar refractivity (Wildman–Crippen MR) is 88.1 cm³/mol. The first-order valence-electron chi connectivity index (χ1n) is 7.38. The summed E-state index contributed by atoms with van der Waals surface area (Å²) < 4.78 is 5.59. The first kappa shape index (κ1) is 16.7. The minimum Gasteiger partial charge on any atom is -0.494 e. The minimum atomic E-state index is -0.788. The van der Waals surface area contributed by atoms with Crippen molar-refractivity contribution in [2.75, 3.05) is 18.9 Å². The van der Waals surface area contributed by atoms with E-state index in [1.807, 2.05) is 31.2 Å². The van der Waals surface area contributed by atoms with Crippen molar-refractivity contribution < 1.29 is 14.3 Å². The largest absolute Gasteiger partial charge is 0.494 e. The fraction of sp³-hybridized carbons (Fsp3) is 0.500. The molecule has 1 N–H and O–H groups in total. The molecule has 1 aromatic rings. The molecule has 0 unspecified atom stereocenters. The third-order valence-corrected chi connectivity index (χ3v) is 4.42. The van der Waals surface area contributed by atoms with Crippen molar-refractivity contribution in [3.63, 3.8) is 0 Å². The average Bonchev–Trinajstić information content (AvgIpc) is 2.66. The van der Waals surface area contributed by atoms with Crippen LogP contribution in [-0.2, 0) is 10.5 Å². The van der Waals surface area contributed by atoms with Crippen molar-refractivity contribution in [3.8, 4) is 5.75 Å². The average molecular weight is 322 g/mol. The van der Waals surface area contributed by atoms with Gasteiger partial charge in [-0.2, -0.15) is 11.8 Å². The van der Waals surface area contributed by atoms with Crippen molar-refractivity contribution in [2.45, 2.75) is 32.1 Å². The Kier molecular flexibility index (Phi) is 5.34. The van der Waals surface area contributed by atoms with Crippen LogP contribution in [-0.4, -0.2) is 41.3 Å². The second-order valence-electron chi connectivity index (χ2n) is 5.61. The standard InChI is InChI=1S/C16H22N2O3S/c1-4-21-13-8-6-5-7-12(13)11-22-10-9-18-14(19)16(2,3)17-15(18)20/h5-8H,4,9-11H2,1-3H3,(H,17,20). The van der Waals surface area contributed by atoms with E-state index in [1.54, 1.807) is 25.6 Å². The summed E-state index contributed by atoms with van der Waals surface area (Å²) in [5.41, 5.74) is 0.343. The number of thioether (sulfide) groups is 1. The van der Waals surface area contributed by atoms with Gasteiger partial charge in [0.15, 0.2) is 0 Å². The van der Waals surface area contributed by atoms with Gasteiger partial charge >= 0.3 is 6.03 Å². The first-order chi connectivity index (χ1) is 10.5. The van der Waals surface area contributed by atoms with E-state index in [2.05, 4.69) is 5.32 Å². The van der Waals surface area contributed by atoms with Crippen LogP contribution >= 0.6 is 11.8 Å². The van der Waals surface area contributed by atoms with E-state index < -0.39 is 5.54 Å². The summed E-state index contributed by atoms with van der Waals surface area (Å²) in [6.07, 6.45) is 0. The number of para-hydroxylation sites is 1. The lowest BCUT2D eigenvalue weighted by Gasteiger charge is -2.16. The molecule has 0 aliphatic carbocycles. The molecular formula is C16H22N2O3S. The number of amides is 3. The van der Waals surface area contributed by atoms with Crippen LogP contribution in [0.15, 0.2) is 24.3 Å². The summed E-state index contributed by atoms with van der Waals surface area (Å²) in [4.78, 5) is 25.1. The van der Waals surface area contributed by atoms with E-state index in [1.165, 1.54) is 4.90 Å². The third kappa shape index (κ3) is 3.74. The highest BCUT2D eigenvalue weighted by molar-refractivity contribution is 7.98. The number of carbonyl (C=O) groups is 2. The van der Waals surface area contributed by atoms with Gasteiger partial charge in [0.2, 0.25) is 0 Å². The number of hydrogen-bond donors (Lipinski definition) is 1. The lowest BCUT2D eigenvalue weighted by molar-refractivity contribution is -0.130. The molecule has 2 rings (SSSR count). The highest BCUT2D eigenvalue weighted by atomic mass is 32.2. The fourth-order valence-corrected chi connectivity index (χ4v) is 3.19. The molecule has 5 nitrogen and oxygen atoms in total. The van der Waals surface area contributed by atoms with Gasteiger partial charge in [-0.1, -0.05) is 18.2 Å². The zero-order chi connectivity index (χ0) is 16.2. The maximum Gasteiger partial charge on any atom is 0.325 e. The summed E-state index contributed by atoms with van der Waals surface area (Å²) in [5.74, 6) is 2.24. The topological polar surface area (TPSA) is 58.6 Å². The molecule has 0 aromatic heterocycles. The Balaban J connectivity index is 1.83. The molecule has 0 atom stereocenters. The van der Waals surface area contributed by atoms with Crippen LogP contribution < -0.4 is 10.1 Å². The van der Waals surface area contributed by atoms with E-state index in [0.717, 1.165) is 17.1 Å². The van der Waals surface area contributed by atoms with Gasteiger partial charge in [-0.15, -0.1) is 0 Å². The Morgan fingerprint density at radius 3 is 2.64 bits per heavy atom. The smallest absolute Gasteiger partial charge is 0.325 e. The normalized spacial score (nSPS) is 16.8. The molecule has 1 aromatic carbocycles. The molecule has 0 saturated carbocycles. The summed E-state index contributed by atoms with van der Waals surface area (Å²) in [6, 6.07) is 7.63. The maximum absolute atomic E-state index is 12.1. The van der Waals surface area contributed by atoms with Gasteiger partial charge in [-0.3, -0.25) is 9.69 Å². The summed E-state index contributed by atoms with van der Waals surface area (Å²) in [5, 5.41) is 2.69. The Labute approximate surface area is 135 Å². The molecule has 0 bridgehead atoms. The Bertz CT molecular complexity index is 560. The van der Waals surface area contributed by atoms with Gasteiger partial charge in [-0.25, -0.2) is 4.79 Å². The second-order valence-corrected chi connectivity index (χ2v) is 6.71. The van der Waals surface area contributed by atoms with Crippen LogP contribution in [0.5, 0.6) is 5.75 Å². The summed E-state index contributed by atoms with van der Waals surface area (Å²) in [7, 11) is 0. The Morgan fingerprint density at radius 2 is 2.00 bits per heavy atom. The van der Waals surface area contributed by atoms with E-state index in [-0.39, 0.29) is 11.9 Å². The number of nitrogens with one attached hydrogen (secondary N) is 1. The number of carbonyl (C=O) groups excluding carboxylic acids is 2. The fourth-order valence-electron chi connectivity index (χ4n) is 2.28. The lowest BCUT2D eigenvalue weighted by Crippen LogP contribution is -2.40. The van der Waals surface area contributed by atoms with E-state index >= 15 is 0 Å². The molecule has 3 amide bonds. The molecule has 6 heteroatoms. The molecule has 22 heavy (non-hydrogen) atoms. The number of nitrogens with zero attached hydrogens (tertiary/aromatic N) is 1. The third-order valence-electron chi connectivity index (χ3n) is 3.43. The molecule has 120 valence electrons. The van der Waals surface area contributed by atoms with Crippen LogP contribution in [0, 0.1) is 0 Å². The lowest BCUT2D eigenvalue weighted by atomic mass is 10.1. The second kappa shape index (κ2) is 7.05. The molecule has 1 aliphatic rings. The van der Waals surface area contributed by atoms with Gasteiger partial charge in [0.25, 0.3) is 5.91 Å². The predicted octanol–water partition coefficient (Wildman–Crippen LogP) is 2.65. The molecular weight excluding hydrogens is 300 g/mol. The minimum absolute atomic E-state index is 0.159. The van der Waals surface area contributed by atoms with E-state index in [0.29, 0.717) is 18.9 Å². The summed E-state index contributed by atoms with van der Waals surface area (Å²) in [6.45, 7) is 6.47. The van der Waals surface area contributed by atoms with Crippen molar-refractivity contribution >= 4 is 23.7 Å². The number of rotatable bonds is 7. The van der Waals surface area contributed by atoms with Gasteiger partial charge < -0.3 is 10.1 Å². The monoisotopic (exact) mass is 322 g/mol. The number of ether oxygens (including phenoxy) is 1. The molecule has 0 spiro atoms.